The van der Waals surface area contributed by atoms with Crippen molar-refractivity contribution in [2.75, 3.05) is 7.11 Å². The van der Waals surface area contributed by atoms with Crippen LogP contribution in [0.15, 0.2) is 33.3 Å². The third-order valence-electron chi connectivity index (χ3n) is 2.86. The quantitative estimate of drug-likeness (QED) is 0.709. The van der Waals surface area contributed by atoms with Crippen molar-refractivity contribution in [3.05, 3.63) is 44.6 Å². The van der Waals surface area contributed by atoms with E-state index in [0.29, 0.717) is 28.0 Å². The van der Waals surface area contributed by atoms with Gasteiger partial charge in [-0.15, -0.1) is 0 Å². The molecule has 0 atom stereocenters. The van der Waals surface area contributed by atoms with Gasteiger partial charge in [0.2, 0.25) is 5.78 Å². The lowest BCUT2D eigenvalue weighted by Gasteiger charge is -2.08. The fraction of sp³-hybridized carbons (Fsp3) is 0.286. The number of hydrogen-bond acceptors (Lipinski definition) is 3. The monoisotopic (exact) mass is 400 g/mol. The van der Waals surface area contributed by atoms with Gasteiger partial charge in [-0.25, -0.2) is 0 Å². The number of carbonyl (C=O) groups excluding carboxylic acids is 1. The Kier molecular flexibility index (Phi) is 4.99. The predicted octanol–water partition coefficient (Wildman–Crippen LogP) is 4.06. The maximum absolute atomic E-state index is 12.6. The van der Waals surface area contributed by atoms with Gasteiger partial charge in [0.15, 0.2) is 0 Å². The molecule has 0 aliphatic heterocycles. The van der Waals surface area contributed by atoms with Crippen molar-refractivity contribution in [3.8, 4) is 5.75 Å². The van der Waals surface area contributed by atoms with Crippen LogP contribution in [0.1, 0.15) is 29.4 Å². The Labute approximate surface area is 134 Å². The van der Waals surface area contributed by atoms with Gasteiger partial charge in [-0.05, 0) is 56.5 Å². The van der Waals surface area contributed by atoms with Crippen LogP contribution < -0.4 is 4.74 Å². The van der Waals surface area contributed by atoms with E-state index in [9.17, 15) is 4.79 Å². The van der Waals surface area contributed by atoms with Gasteiger partial charge in [0.25, 0.3) is 0 Å². The average molecular weight is 402 g/mol. The van der Waals surface area contributed by atoms with Crippen LogP contribution in [0.4, 0.5) is 0 Å². The van der Waals surface area contributed by atoms with Crippen molar-refractivity contribution in [2.45, 2.75) is 19.9 Å². The van der Waals surface area contributed by atoms with Crippen LogP contribution in [-0.2, 0) is 6.54 Å². The lowest BCUT2D eigenvalue weighted by Crippen LogP contribution is -2.12. The molecule has 1 aromatic carbocycles. The largest absolute Gasteiger partial charge is 0.496 e. The Morgan fingerprint density at radius 2 is 2.10 bits per heavy atom. The fourth-order valence-corrected chi connectivity index (χ4v) is 2.93. The summed E-state index contributed by atoms with van der Waals surface area (Å²) in [5.74, 6) is 0.633. The van der Waals surface area contributed by atoms with Gasteiger partial charge in [0, 0.05) is 12.1 Å². The molecule has 0 saturated carbocycles. The molecule has 0 spiro atoms. The molecule has 0 amide bonds. The summed E-state index contributed by atoms with van der Waals surface area (Å²) in [6, 6.07) is 5.28. The van der Waals surface area contributed by atoms with Crippen molar-refractivity contribution in [3.63, 3.8) is 0 Å². The third kappa shape index (κ3) is 2.96. The number of nitrogens with zero attached hydrogens (tertiary/aromatic N) is 2. The van der Waals surface area contributed by atoms with Crippen LogP contribution in [0, 0.1) is 0 Å². The molecule has 1 heterocycles. The second-order valence-electron chi connectivity index (χ2n) is 4.24. The molecule has 0 N–H and O–H groups in total. The first-order chi connectivity index (χ1) is 9.58. The number of aromatic nitrogens is 2. The van der Waals surface area contributed by atoms with E-state index in [1.165, 1.54) is 0 Å². The second kappa shape index (κ2) is 6.54. The van der Waals surface area contributed by atoms with Crippen molar-refractivity contribution in [1.29, 1.82) is 0 Å². The molecule has 0 unspecified atom stereocenters. The summed E-state index contributed by atoms with van der Waals surface area (Å²) in [4.78, 5) is 12.6. The number of methoxy groups -OCH3 is 1. The van der Waals surface area contributed by atoms with Gasteiger partial charge in [-0.1, -0.05) is 6.92 Å². The van der Waals surface area contributed by atoms with Crippen LogP contribution in [-0.4, -0.2) is 22.7 Å². The molecule has 2 aromatic rings. The van der Waals surface area contributed by atoms with Gasteiger partial charge in [-0.3, -0.25) is 9.48 Å². The standard InChI is InChI=1S/C14H14Br2N2O2/c1-3-6-18-13(11(16)8-17-18)14(19)9-4-5-12(20-2)10(15)7-9/h4-5,7-8H,3,6H2,1-2H3. The summed E-state index contributed by atoms with van der Waals surface area (Å²) in [5.41, 5.74) is 1.17. The van der Waals surface area contributed by atoms with Gasteiger partial charge >= 0.3 is 0 Å². The highest BCUT2D eigenvalue weighted by Crippen LogP contribution is 2.28. The van der Waals surface area contributed by atoms with Gasteiger partial charge in [0.1, 0.15) is 11.4 Å². The topological polar surface area (TPSA) is 44.1 Å². The first kappa shape index (κ1) is 15.3. The minimum Gasteiger partial charge on any atom is -0.496 e. The number of ether oxygens (including phenoxy) is 1. The van der Waals surface area contributed by atoms with Crippen molar-refractivity contribution in [1.82, 2.24) is 9.78 Å². The van der Waals surface area contributed by atoms with Crippen LogP contribution >= 0.6 is 31.9 Å². The molecule has 0 saturated heterocycles. The van der Waals surface area contributed by atoms with Crippen molar-refractivity contribution in [2.24, 2.45) is 0 Å². The summed E-state index contributed by atoms with van der Waals surface area (Å²) >= 11 is 6.79. The van der Waals surface area contributed by atoms with E-state index in [1.54, 1.807) is 36.2 Å². The maximum Gasteiger partial charge on any atom is 0.212 e. The van der Waals surface area contributed by atoms with E-state index >= 15 is 0 Å². The van der Waals surface area contributed by atoms with Gasteiger partial charge in [-0.2, -0.15) is 5.10 Å². The minimum atomic E-state index is -0.0637. The maximum atomic E-state index is 12.6. The summed E-state index contributed by atoms with van der Waals surface area (Å²) < 4.78 is 8.36. The van der Waals surface area contributed by atoms with Gasteiger partial charge < -0.3 is 4.74 Å². The van der Waals surface area contributed by atoms with Gasteiger partial charge in [0.05, 0.1) is 22.3 Å². The Morgan fingerprint density at radius 1 is 1.35 bits per heavy atom. The smallest absolute Gasteiger partial charge is 0.212 e. The van der Waals surface area contributed by atoms with E-state index in [1.807, 2.05) is 6.92 Å². The first-order valence-electron chi connectivity index (χ1n) is 6.18. The SMILES string of the molecule is CCCn1ncc(Br)c1C(=O)c1ccc(OC)c(Br)c1. The van der Waals surface area contributed by atoms with Crippen LogP contribution in [0.2, 0.25) is 0 Å². The predicted molar refractivity (Wildman–Crippen MR) is 84.3 cm³/mol. The molecule has 106 valence electrons. The average Bonchev–Trinajstić information content (AvgIpc) is 2.79. The number of ketones is 1. The van der Waals surface area contributed by atoms with E-state index in [2.05, 4.69) is 37.0 Å². The van der Waals surface area contributed by atoms with Crippen LogP contribution in [0.3, 0.4) is 0 Å². The molecule has 4 nitrogen and oxygen atoms in total. The zero-order chi connectivity index (χ0) is 14.7. The zero-order valence-corrected chi connectivity index (χ0v) is 14.4. The molecule has 20 heavy (non-hydrogen) atoms. The Bertz CT molecular complexity index is 638. The number of aryl methyl sites for hydroxylation is 1. The number of carbonyl (C=O) groups is 1. The fourth-order valence-electron chi connectivity index (χ4n) is 1.91. The van der Waals surface area contributed by atoms with Crippen LogP contribution in [0.5, 0.6) is 5.75 Å². The number of benzene rings is 1. The minimum absolute atomic E-state index is 0.0637. The highest BCUT2D eigenvalue weighted by atomic mass is 79.9. The lowest BCUT2D eigenvalue weighted by atomic mass is 10.1. The highest BCUT2D eigenvalue weighted by Gasteiger charge is 2.19. The molecule has 0 aliphatic rings. The highest BCUT2D eigenvalue weighted by molar-refractivity contribution is 9.10. The first-order valence-corrected chi connectivity index (χ1v) is 7.76. The summed E-state index contributed by atoms with van der Waals surface area (Å²) in [5, 5.41) is 4.22. The number of rotatable bonds is 5. The molecule has 2 rings (SSSR count). The summed E-state index contributed by atoms with van der Waals surface area (Å²) in [7, 11) is 1.59. The Hall–Kier alpha value is -1.14. The normalized spacial score (nSPS) is 10.6. The molecule has 0 aliphatic carbocycles. The zero-order valence-electron chi connectivity index (χ0n) is 11.2. The van der Waals surface area contributed by atoms with Crippen molar-refractivity contribution >= 4 is 37.6 Å². The summed E-state index contributed by atoms with van der Waals surface area (Å²) in [6.07, 6.45) is 2.57. The Morgan fingerprint density at radius 3 is 2.70 bits per heavy atom. The molecular weight excluding hydrogens is 388 g/mol. The summed E-state index contributed by atoms with van der Waals surface area (Å²) in [6.45, 7) is 2.76. The van der Waals surface area contributed by atoms with Crippen molar-refractivity contribution < 1.29 is 9.53 Å². The third-order valence-corrected chi connectivity index (χ3v) is 4.06. The molecule has 0 fully saturated rings. The number of halogens is 2. The molecular formula is C14H14Br2N2O2. The molecule has 0 radical (unpaired) electrons. The second-order valence-corrected chi connectivity index (χ2v) is 5.95. The van der Waals surface area contributed by atoms with E-state index in [0.717, 1.165) is 10.9 Å². The van der Waals surface area contributed by atoms with E-state index in [4.69, 9.17) is 4.74 Å². The lowest BCUT2D eigenvalue weighted by molar-refractivity contribution is 0.102. The molecule has 6 heteroatoms. The van der Waals surface area contributed by atoms with Crippen LogP contribution in [0.25, 0.3) is 0 Å². The number of hydrogen-bond donors (Lipinski definition) is 0. The van der Waals surface area contributed by atoms with E-state index in [-0.39, 0.29) is 5.78 Å². The Balaban J connectivity index is 2.41. The van der Waals surface area contributed by atoms with E-state index < -0.39 is 0 Å². The molecule has 1 aromatic heterocycles. The molecule has 0 bridgehead atoms.